The number of hydrogen-bond donors (Lipinski definition) is 0. The second-order valence-electron chi connectivity index (χ2n) is 9.79. The number of benzene rings is 2. The summed E-state index contributed by atoms with van der Waals surface area (Å²) in [7, 11) is 1.71. The third-order valence-electron chi connectivity index (χ3n) is 6.62. The summed E-state index contributed by atoms with van der Waals surface area (Å²) in [5.41, 5.74) is 2.21. The smallest absolute Gasteiger partial charge is 0.186 e. The summed E-state index contributed by atoms with van der Waals surface area (Å²) >= 11 is 0. The van der Waals surface area contributed by atoms with Gasteiger partial charge in [0.05, 0.1) is 38.1 Å². The highest BCUT2D eigenvalue weighted by molar-refractivity contribution is 5.14. The zero-order valence-electron chi connectivity index (χ0n) is 21.8. The Bertz CT molecular complexity index is 891. The molecule has 6 atom stereocenters. The fourth-order valence-electron chi connectivity index (χ4n) is 4.79. The van der Waals surface area contributed by atoms with Crippen LogP contribution in [0.1, 0.15) is 44.7 Å². The summed E-state index contributed by atoms with van der Waals surface area (Å²) in [5, 5.41) is 0. The normalized spacial score (nSPS) is 28.7. The lowest BCUT2D eigenvalue weighted by atomic mass is 9.96. The highest BCUT2D eigenvalue weighted by Crippen LogP contribution is 2.33. The van der Waals surface area contributed by atoms with E-state index in [1.807, 2.05) is 57.2 Å². The van der Waals surface area contributed by atoms with Crippen molar-refractivity contribution in [2.45, 2.75) is 89.4 Å². The first kappa shape index (κ1) is 27.2. The highest BCUT2D eigenvalue weighted by Gasteiger charge is 2.44. The Kier molecular flexibility index (Phi) is 9.90. The molecule has 2 aliphatic heterocycles. The van der Waals surface area contributed by atoms with Crippen LogP contribution in [0.4, 0.5) is 0 Å². The highest BCUT2D eigenvalue weighted by atomic mass is 16.8. The van der Waals surface area contributed by atoms with E-state index in [1.54, 1.807) is 7.11 Å². The number of rotatable bonds is 12. The summed E-state index contributed by atoms with van der Waals surface area (Å²) in [6.07, 6.45) is -0.294. The Balaban J connectivity index is 1.47. The van der Waals surface area contributed by atoms with Crippen molar-refractivity contribution in [3.63, 3.8) is 0 Å². The van der Waals surface area contributed by atoms with E-state index in [0.717, 1.165) is 11.1 Å². The molecule has 0 saturated carbocycles. The van der Waals surface area contributed by atoms with Gasteiger partial charge in [-0.3, -0.25) is 0 Å². The summed E-state index contributed by atoms with van der Waals surface area (Å²) in [5.74, 6) is -0.611. The maximum atomic E-state index is 6.47. The Hall–Kier alpha value is -1.84. The minimum Gasteiger partial charge on any atom is -0.379 e. The molecule has 198 valence electrons. The molecular formula is C29H40O7. The topological polar surface area (TPSA) is 64.6 Å². The minimum atomic E-state index is -0.611. The van der Waals surface area contributed by atoms with Crippen LogP contribution in [0.5, 0.6) is 0 Å². The monoisotopic (exact) mass is 500 g/mol. The Morgan fingerprint density at radius 2 is 1.56 bits per heavy atom. The van der Waals surface area contributed by atoms with E-state index in [4.69, 9.17) is 33.2 Å². The molecule has 0 unspecified atom stereocenters. The first-order valence-corrected chi connectivity index (χ1v) is 12.9. The van der Waals surface area contributed by atoms with Crippen molar-refractivity contribution in [1.29, 1.82) is 0 Å². The van der Waals surface area contributed by atoms with Crippen LogP contribution in [-0.4, -0.2) is 62.9 Å². The standard InChI is InChI=1S/C29H40O7/c1-5-31-28-27(33-19-22-14-10-7-11-15-22)25(32-18-21-12-8-6-9-13-21)17-23(35-28)16-24(30-4)26-20-34-29(2,3)36-26/h6-15,23-28H,5,16-20H2,1-4H3/t23-,24-,25-,26-,27-,28-/m0/s1. The van der Waals surface area contributed by atoms with Gasteiger partial charge in [-0.25, -0.2) is 0 Å². The molecule has 2 aromatic rings. The SMILES string of the molecule is CCO[C@H]1O[C@@H](C[C@H](OC)[C@@H]2COC(C)(C)O2)C[C@H](OCc2ccccc2)[C@@H]1OCc1ccccc1. The second kappa shape index (κ2) is 13.1. The zero-order chi connectivity index (χ0) is 25.4. The molecule has 2 fully saturated rings. The molecule has 0 bridgehead atoms. The average molecular weight is 501 g/mol. The summed E-state index contributed by atoms with van der Waals surface area (Å²) in [4.78, 5) is 0. The van der Waals surface area contributed by atoms with Gasteiger partial charge in [0.25, 0.3) is 0 Å². The van der Waals surface area contributed by atoms with Gasteiger partial charge in [-0.1, -0.05) is 60.7 Å². The molecule has 2 saturated heterocycles. The lowest BCUT2D eigenvalue weighted by molar-refractivity contribution is -0.290. The third-order valence-corrected chi connectivity index (χ3v) is 6.62. The lowest BCUT2D eigenvalue weighted by Gasteiger charge is -2.42. The van der Waals surface area contributed by atoms with Crippen LogP contribution in [0, 0.1) is 0 Å². The van der Waals surface area contributed by atoms with E-state index in [-0.39, 0.29) is 30.5 Å². The largest absolute Gasteiger partial charge is 0.379 e. The number of hydrogen-bond acceptors (Lipinski definition) is 7. The van der Waals surface area contributed by atoms with Crippen molar-refractivity contribution in [2.75, 3.05) is 20.3 Å². The fraction of sp³-hybridized carbons (Fsp3) is 0.586. The van der Waals surface area contributed by atoms with Crippen LogP contribution < -0.4 is 0 Å². The molecule has 0 aliphatic carbocycles. The maximum Gasteiger partial charge on any atom is 0.186 e. The Labute approximate surface area is 214 Å². The van der Waals surface area contributed by atoms with Gasteiger partial charge in [0.15, 0.2) is 12.1 Å². The molecule has 2 aliphatic rings. The van der Waals surface area contributed by atoms with Gasteiger partial charge in [-0.2, -0.15) is 0 Å². The Morgan fingerprint density at radius 1 is 0.917 bits per heavy atom. The molecule has 0 amide bonds. The van der Waals surface area contributed by atoms with E-state index in [1.165, 1.54) is 0 Å². The summed E-state index contributed by atoms with van der Waals surface area (Å²) in [6.45, 7) is 7.75. The molecule has 0 radical (unpaired) electrons. The van der Waals surface area contributed by atoms with Crippen LogP contribution in [0.15, 0.2) is 60.7 Å². The van der Waals surface area contributed by atoms with Crippen molar-refractivity contribution >= 4 is 0 Å². The van der Waals surface area contributed by atoms with Crippen LogP contribution >= 0.6 is 0 Å². The molecule has 2 heterocycles. The van der Waals surface area contributed by atoms with Gasteiger partial charge in [0.2, 0.25) is 0 Å². The predicted molar refractivity (Wildman–Crippen MR) is 135 cm³/mol. The molecule has 7 heteroatoms. The lowest BCUT2D eigenvalue weighted by Crippen LogP contribution is -2.53. The van der Waals surface area contributed by atoms with Gasteiger partial charge in [-0.05, 0) is 31.9 Å². The van der Waals surface area contributed by atoms with E-state index in [9.17, 15) is 0 Å². The first-order chi connectivity index (χ1) is 17.5. The molecule has 36 heavy (non-hydrogen) atoms. The van der Waals surface area contributed by atoms with Gasteiger partial charge < -0.3 is 33.2 Å². The molecule has 7 nitrogen and oxygen atoms in total. The van der Waals surface area contributed by atoms with Crippen molar-refractivity contribution < 1.29 is 33.2 Å². The number of methoxy groups -OCH3 is 1. The van der Waals surface area contributed by atoms with E-state index in [2.05, 4.69) is 24.3 Å². The predicted octanol–water partition coefficient (Wildman–Crippen LogP) is 4.87. The molecule has 0 spiro atoms. The van der Waals surface area contributed by atoms with Crippen LogP contribution in [-0.2, 0) is 46.4 Å². The molecular weight excluding hydrogens is 460 g/mol. The van der Waals surface area contributed by atoms with Crippen molar-refractivity contribution in [3.8, 4) is 0 Å². The van der Waals surface area contributed by atoms with E-state index in [0.29, 0.717) is 39.3 Å². The van der Waals surface area contributed by atoms with Crippen LogP contribution in [0.3, 0.4) is 0 Å². The summed E-state index contributed by atoms with van der Waals surface area (Å²) in [6, 6.07) is 20.3. The van der Waals surface area contributed by atoms with Gasteiger partial charge >= 0.3 is 0 Å². The fourth-order valence-corrected chi connectivity index (χ4v) is 4.79. The van der Waals surface area contributed by atoms with Crippen molar-refractivity contribution in [2.24, 2.45) is 0 Å². The van der Waals surface area contributed by atoms with Gasteiger partial charge in [0.1, 0.15) is 12.2 Å². The summed E-state index contributed by atoms with van der Waals surface area (Å²) < 4.78 is 43.0. The first-order valence-electron chi connectivity index (χ1n) is 12.9. The molecule has 4 rings (SSSR count). The number of ether oxygens (including phenoxy) is 7. The van der Waals surface area contributed by atoms with Crippen molar-refractivity contribution in [3.05, 3.63) is 71.8 Å². The van der Waals surface area contributed by atoms with E-state index < -0.39 is 12.1 Å². The molecule has 2 aromatic carbocycles. The third kappa shape index (κ3) is 7.59. The van der Waals surface area contributed by atoms with E-state index >= 15 is 0 Å². The van der Waals surface area contributed by atoms with Crippen LogP contribution in [0.25, 0.3) is 0 Å². The van der Waals surface area contributed by atoms with Gasteiger partial charge in [0, 0.05) is 26.6 Å². The average Bonchev–Trinajstić information content (AvgIpc) is 3.26. The zero-order valence-corrected chi connectivity index (χ0v) is 21.8. The van der Waals surface area contributed by atoms with Crippen LogP contribution in [0.2, 0.25) is 0 Å². The molecule has 0 aromatic heterocycles. The minimum absolute atomic E-state index is 0.142. The maximum absolute atomic E-state index is 6.47. The Morgan fingerprint density at radius 3 is 2.11 bits per heavy atom. The second-order valence-corrected chi connectivity index (χ2v) is 9.79. The molecule has 0 N–H and O–H groups in total. The quantitative estimate of drug-likeness (QED) is 0.412. The van der Waals surface area contributed by atoms with Gasteiger partial charge in [-0.15, -0.1) is 0 Å². The van der Waals surface area contributed by atoms with Crippen molar-refractivity contribution in [1.82, 2.24) is 0 Å².